The van der Waals surface area contributed by atoms with E-state index in [0.717, 1.165) is 39.6 Å². The molecule has 0 unspecified atom stereocenters. The normalized spacial score (nSPS) is 14.3. The lowest BCUT2D eigenvalue weighted by Gasteiger charge is -2.26. The van der Waals surface area contributed by atoms with Gasteiger partial charge in [0.25, 0.3) is 0 Å². The lowest BCUT2D eigenvalue weighted by Crippen LogP contribution is -2.33. The zero-order valence-corrected chi connectivity index (χ0v) is 19.1. The van der Waals surface area contributed by atoms with Gasteiger partial charge in [0.15, 0.2) is 5.75 Å². The monoisotopic (exact) mass is 452 g/mol. The van der Waals surface area contributed by atoms with Gasteiger partial charge in [-0.15, -0.1) is 0 Å². The molecule has 4 rings (SSSR count). The maximum Gasteiger partial charge on any atom is 0.317 e. The van der Waals surface area contributed by atoms with Crippen molar-refractivity contribution in [2.24, 2.45) is 0 Å². The zero-order valence-electron chi connectivity index (χ0n) is 18.3. The minimum Gasteiger partial charge on any atom is -0.494 e. The first-order chi connectivity index (χ1) is 15.4. The van der Waals surface area contributed by atoms with Crippen LogP contribution in [0.25, 0.3) is 27.6 Å². The SMILES string of the molecule is COc1c(C2=CCN(CC(=O)O)CC2)cc(-c2cccc(Cl)c2)c2cnc(N(C)C)nc12. The van der Waals surface area contributed by atoms with Crippen molar-refractivity contribution in [1.82, 2.24) is 14.9 Å². The number of carbonyl (C=O) groups is 1. The summed E-state index contributed by atoms with van der Waals surface area (Å²) < 4.78 is 5.87. The third-order valence-corrected chi connectivity index (χ3v) is 5.79. The number of hydrogen-bond acceptors (Lipinski definition) is 6. The largest absolute Gasteiger partial charge is 0.494 e. The van der Waals surface area contributed by atoms with Crippen molar-refractivity contribution < 1.29 is 14.6 Å². The number of hydrogen-bond donors (Lipinski definition) is 1. The van der Waals surface area contributed by atoms with Crippen molar-refractivity contribution in [3.8, 4) is 16.9 Å². The Labute approximate surface area is 191 Å². The fraction of sp³-hybridized carbons (Fsp3) is 0.292. The van der Waals surface area contributed by atoms with Crippen molar-refractivity contribution in [2.75, 3.05) is 45.7 Å². The Morgan fingerprint density at radius 1 is 1.28 bits per heavy atom. The van der Waals surface area contributed by atoms with Gasteiger partial charge in [-0.05, 0) is 41.3 Å². The van der Waals surface area contributed by atoms with Gasteiger partial charge < -0.3 is 14.7 Å². The van der Waals surface area contributed by atoms with Crippen LogP contribution in [0.3, 0.4) is 0 Å². The highest BCUT2D eigenvalue weighted by atomic mass is 35.5. The summed E-state index contributed by atoms with van der Waals surface area (Å²) in [7, 11) is 5.45. The molecule has 2 aromatic carbocycles. The zero-order chi connectivity index (χ0) is 22.8. The standard InChI is InChI=1S/C24H25ClN4O3/c1-28(2)24-26-13-20-18(16-5-4-6-17(25)11-16)12-19(23(32-3)22(20)27-24)15-7-9-29(10-8-15)14-21(30)31/h4-7,11-13H,8-10,14H2,1-3H3,(H,30,31). The Bertz CT molecular complexity index is 1210. The molecule has 8 heteroatoms. The van der Waals surface area contributed by atoms with E-state index in [1.165, 1.54) is 0 Å². The molecule has 3 aromatic rings. The lowest BCUT2D eigenvalue weighted by atomic mass is 9.92. The molecule has 0 fully saturated rings. The smallest absolute Gasteiger partial charge is 0.317 e. The Morgan fingerprint density at radius 2 is 2.09 bits per heavy atom. The first-order valence-corrected chi connectivity index (χ1v) is 10.7. The van der Waals surface area contributed by atoms with E-state index in [1.54, 1.807) is 7.11 Å². The van der Waals surface area contributed by atoms with Crippen LogP contribution in [0.2, 0.25) is 5.02 Å². The molecule has 0 bridgehead atoms. The van der Waals surface area contributed by atoms with E-state index in [1.807, 2.05) is 54.4 Å². The number of fused-ring (bicyclic) bond motifs is 1. The Kier molecular flexibility index (Phi) is 6.30. The van der Waals surface area contributed by atoms with E-state index < -0.39 is 5.97 Å². The number of methoxy groups -OCH3 is 1. The van der Waals surface area contributed by atoms with Crippen LogP contribution in [0.5, 0.6) is 5.75 Å². The Balaban J connectivity index is 1.92. The predicted molar refractivity (Wildman–Crippen MR) is 128 cm³/mol. The summed E-state index contributed by atoms with van der Waals surface area (Å²) >= 11 is 6.29. The average Bonchev–Trinajstić information content (AvgIpc) is 2.77. The highest BCUT2D eigenvalue weighted by molar-refractivity contribution is 6.31. The third-order valence-electron chi connectivity index (χ3n) is 5.55. The summed E-state index contributed by atoms with van der Waals surface area (Å²) in [5, 5.41) is 10.6. The number of carboxylic acids is 1. The number of benzene rings is 2. The van der Waals surface area contributed by atoms with Crippen LogP contribution in [-0.4, -0.2) is 66.8 Å². The first kappa shape index (κ1) is 22.0. The second-order valence-electron chi connectivity index (χ2n) is 7.95. The molecule has 1 aromatic heterocycles. The number of aromatic nitrogens is 2. The molecule has 0 amide bonds. The summed E-state index contributed by atoms with van der Waals surface area (Å²) in [6.45, 7) is 1.27. The molecule has 1 N–H and O–H groups in total. The molecule has 32 heavy (non-hydrogen) atoms. The molecule has 0 saturated carbocycles. The molecule has 7 nitrogen and oxygen atoms in total. The van der Waals surface area contributed by atoms with Gasteiger partial charge in [-0.3, -0.25) is 9.69 Å². The van der Waals surface area contributed by atoms with Gasteiger partial charge in [0, 0.05) is 49.4 Å². The highest BCUT2D eigenvalue weighted by Gasteiger charge is 2.22. The van der Waals surface area contributed by atoms with Gasteiger partial charge in [0.1, 0.15) is 5.52 Å². The molecule has 2 heterocycles. The third kappa shape index (κ3) is 4.40. The van der Waals surface area contributed by atoms with Gasteiger partial charge in [0.05, 0.1) is 13.7 Å². The second-order valence-corrected chi connectivity index (χ2v) is 8.39. The van der Waals surface area contributed by atoms with Crippen LogP contribution in [0.15, 0.2) is 42.6 Å². The molecule has 1 aliphatic rings. The molecule has 0 aliphatic carbocycles. The van der Waals surface area contributed by atoms with E-state index >= 15 is 0 Å². The van der Waals surface area contributed by atoms with Crippen LogP contribution >= 0.6 is 11.6 Å². The summed E-state index contributed by atoms with van der Waals surface area (Å²) in [5.41, 5.74) is 4.73. The number of halogens is 1. The van der Waals surface area contributed by atoms with E-state index in [0.29, 0.717) is 29.8 Å². The number of ether oxygens (including phenoxy) is 1. The highest BCUT2D eigenvalue weighted by Crippen LogP contribution is 2.41. The van der Waals surface area contributed by atoms with E-state index in [9.17, 15) is 4.79 Å². The van der Waals surface area contributed by atoms with Crippen molar-refractivity contribution in [1.29, 1.82) is 0 Å². The molecule has 0 atom stereocenters. The van der Waals surface area contributed by atoms with Crippen LogP contribution in [0.4, 0.5) is 5.95 Å². The lowest BCUT2D eigenvalue weighted by molar-refractivity contribution is -0.138. The first-order valence-electron chi connectivity index (χ1n) is 10.3. The van der Waals surface area contributed by atoms with Crippen LogP contribution in [0, 0.1) is 0 Å². The van der Waals surface area contributed by atoms with E-state index in [2.05, 4.69) is 17.1 Å². The summed E-state index contributed by atoms with van der Waals surface area (Å²) in [4.78, 5) is 24.2. The van der Waals surface area contributed by atoms with E-state index in [4.69, 9.17) is 26.4 Å². The molecular formula is C24H25ClN4O3. The number of aliphatic carboxylic acids is 1. The fourth-order valence-corrected chi connectivity index (χ4v) is 4.19. The average molecular weight is 453 g/mol. The van der Waals surface area contributed by atoms with Gasteiger partial charge >= 0.3 is 5.97 Å². The van der Waals surface area contributed by atoms with Crippen LogP contribution in [0.1, 0.15) is 12.0 Å². The van der Waals surface area contributed by atoms with Crippen molar-refractivity contribution in [3.63, 3.8) is 0 Å². The number of rotatable bonds is 6. The van der Waals surface area contributed by atoms with Crippen molar-refractivity contribution in [3.05, 3.63) is 53.2 Å². The molecular weight excluding hydrogens is 428 g/mol. The Hall–Kier alpha value is -3.16. The Morgan fingerprint density at radius 3 is 2.72 bits per heavy atom. The van der Waals surface area contributed by atoms with Crippen molar-refractivity contribution in [2.45, 2.75) is 6.42 Å². The number of nitrogens with zero attached hydrogens (tertiary/aromatic N) is 4. The predicted octanol–water partition coefficient (Wildman–Crippen LogP) is 4.20. The molecule has 0 radical (unpaired) electrons. The van der Waals surface area contributed by atoms with Crippen LogP contribution in [-0.2, 0) is 4.79 Å². The van der Waals surface area contributed by atoms with Gasteiger partial charge in [-0.1, -0.05) is 29.8 Å². The minimum absolute atomic E-state index is 0.0336. The molecule has 0 saturated heterocycles. The quantitative estimate of drug-likeness (QED) is 0.600. The molecule has 1 aliphatic heterocycles. The van der Waals surface area contributed by atoms with Crippen LogP contribution < -0.4 is 9.64 Å². The number of anilines is 1. The summed E-state index contributed by atoms with van der Waals surface area (Å²) in [5.74, 6) is 0.464. The van der Waals surface area contributed by atoms with Gasteiger partial charge in [-0.2, -0.15) is 0 Å². The second kappa shape index (κ2) is 9.14. The summed E-state index contributed by atoms with van der Waals surface area (Å²) in [6.07, 6.45) is 4.62. The number of carboxylic acid groups (broad SMARTS) is 1. The summed E-state index contributed by atoms with van der Waals surface area (Å²) in [6, 6.07) is 9.81. The van der Waals surface area contributed by atoms with Gasteiger partial charge in [0.2, 0.25) is 5.95 Å². The van der Waals surface area contributed by atoms with Gasteiger partial charge in [-0.25, -0.2) is 9.97 Å². The fourth-order valence-electron chi connectivity index (χ4n) is 4.00. The topological polar surface area (TPSA) is 78.8 Å². The maximum absolute atomic E-state index is 11.1. The minimum atomic E-state index is -0.818. The molecule has 166 valence electrons. The van der Waals surface area contributed by atoms with E-state index in [-0.39, 0.29) is 6.54 Å². The maximum atomic E-state index is 11.1. The molecule has 0 spiro atoms. The van der Waals surface area contributed by atoms with Crippen molar-refractivity contribution >= 4 is 40.0 Å².